The van der Waals surface area contributed by atoms with Gasteiger partial charge in [-0.1, -0.05) is 6.92 Å². The molecule has 1 aliphatic carbocycles. The Bertz CT molecular complexity index is 427. The van der Waals surface area contributed by atoms with Crippen molar-refractivity contribution < 1.29 is 4.79 Å². The molecule has 98 valence electrons. The second kappa shape index (κ2) is 5.38. The fraction of sp³-hybridized carbons (Fsp3) is 0.571. The molecule has 2 N–H and O–H groups in total. The van der Waals surface area contributed by atoms with E-state index in [-0.39, 0.29) is 5.91 Å². The van der Waals surface area contributed by atoms with Crippen molar-refractivity contribution >= 4 is 11.6 Å². The number of nitrogens with zero attached hydrogens (tertiary/aromatic N) is 1. The van der Waals surface area contributed by atoms with E-state index in [2.05, 4.69) is 22.5 Å². The molecule has 1 aromatic heterocycles. The van der Waals surface area contributed by atoms with Gasteiger partial charge in [0.2, 0.25) is 0 Å². The first-order valence-corrected chi connectivity index (χ1v) is 6.67. The molecule has 4 nitrogen and oxygen atoms in total. The van der Waals surface area contributed by atoms with Crippen LogP contribution in [0.5, 0.6) is 0 Å². The molecule has 0 spiro atoms. The van der Waals surface area contributed by atoms with Crippen molar-refractivity contribution in [3.05, 3.63) is 24.0 Å². The van der Waals surface area contributed by atoms with Crippen molar-refractivity contribution in [1.29, 1.82) is 0 Å². The highest BCUT2D eigenvalue weighted by Gasteiger charge is 2.40. The molecule has 1 aromatic rings. The van der Waals surface area contributed by atoms with Crippen LogP contribution < -0.4 is 10.6 Å². The molecule has 1 fully saturated rings. The van der Waals surface area contributed by atoms with E-state index < -0.39 is 0 Å². The lowest BCUT2D eigenvalue weighted by Crippen LogP contribution is -2.30. The number of anilines is 1. The topological polar surface area (TPSA) is 54.0 Å². The van der Waals surface area contributed by atoms with Crippen LogP contribution in [0, 0.1) is 5.41 Å². The number of rotatable bonds is 6. The first kappa shape index (κ1) is 12.9. The Morgan fingerprint density at radius 3 is 2.83 bits per heavy atom. The Morgan fingerprint density at radius 2 is 2.22 bits per heavy atom. The molecule has 0 bridgehead atoms. The zero-order valence-electron chi connectivity index (χ0n) is 11.1. The Kier molecular flexibility index (Phi) is 3.84. The average molecular weight is 247 g/mol. The zero-order chi connectivity index (χ0) is 13.0. The summed E-state index contributed by atoms with van der Waals surface area (Å²) in [6.45, 7) is 5.78. The number of carbonyl (C=O) groups is 1. The lowest BCUT2D eigenvalue weighted by atomic mass is 10.0. The molecule has 1 heterocycles. The molecule has 0 aliphatic heterocycles. The van der Waals surface area contributed by atoms with Gasteiger partial charge in [0.25, 0.3) is 5.91 Å². The smallest absolute Gasteiger partial charge is 0.254 e. The van der Waals surface area contributed by atoms with Crippen LogP contribution in [0.15, 0.2) is 18.5 Å². The van der Waals surface area contributed by atoms with Crippen LogP contribution >= 0.6 is 0 Å². The zero-order valence-corrected chi connectivity index (χ0v) is 11.1. The molecule has 0 atom stereocenters. The van der Waals surface area contributed by atoms with Gasteiger partial charge in [-0.05, 0) is 37.7 Å². The third kappa shape index (κ3) is 2.81. The summed E-state index contributed by atoms with van der Waals surface area (Å²) in [4.78, 5) is 16.2. The minimum absolute atomic E-state index is 0.0289. The fourth-order valence-corrected chi connectivity index (χ4v) is 2.12. The maximum Gasteiger partial charge on any atom is 0.254 e. The summed E-state index contributed by atoms with van der Waals surface area (Å²) >= 11 is 0. The predicted octanol–water partition coefficient (Wildman–Crippen LogP) is 2.43. The van der Waals surface area contributed by atoms with Crippen LogP contribution in [0.25, 0.3) is 0 Å². The highest BCUT2D eigenvalue weighted by molar-refractivity contribution is 5.99. The average Bonchev–Trinajstić information content (AvgIpc) is 3.18. The van der Waals surface area contributed by atoms with E-state index in [0.29, 0.717) is 11.0 Å². The SMILES string of the molecule is CCNc1ccncc1C(=O)NCC1(CC)CC1. The number of nitrogens with one attached hydrogen (secondary N) is 2. The molecule has 1 amide bonds. The second-order valence-electron chi connectivity index (χ2n) is 4.99. The highest BCUT2D eigenvalue weighted by Crippen LogP contribution is 2.47. The summed E-state index contributed by atoms with van der Waals surface area (Å²) in [5.41, 5.74) is 1.86. The Hall–Kier alpha value is -1.58. The number of carbonyl (C=O) groups excluding carboxylic acids is 1. The van der Waals surface area contributed by atoms with Crippen LogP contribution in [0.2, 0.25) is 0 Å². The minimum atomic E-state index is -0.0289. The largest absolute Gasteiger partial charge is 0.385 e. The third-order valence-corrected chi connectivity index (χ3v) is 3.76. The summed E-state index contributed by atoms with van der Waals surface area (Å²) in [5, 5.41) is 6.22. The van der Waals surface area contributed by atoms with E-state index in [1.165, 1.54) is 12.8 Å². The number of hydrogen-bond donors (Lipinski definition) is 2. The normalized spacial score (nSPS) is 16.1. The lowest BCUT2D eigenvalue weighted by molar-refractivity contribution is 0.0945. The second-order valence-corrected chi connectivity index (χ2v) is 4.99. The van der Waals surface area contributed by atoms with Crippen LogP contribution in [-0.2, 0) is 0 Å². The Labute approximate surface area is 108 Å². The molecule has 0 unspecified atom stereocenters. The Balaban J connectivity index is 2.00. The van der Waals surface area contributed by atoms with Crippen LogP contribution in [0.3, 0.4) is 0 Å². The molecule has 18 heavy (non-hydrogen) atoms. The molecule has 0 saturated heterocycles. The highest BCUT2D eigenvalue weighted by atomic mass is 16.1. The van der Waals surface area contributed by atoms with Gasteiger partial charge in [-0.15, -0.1) is 0 Å². The molecule has 1 aliphatic rings. The minimum Gasteiger partial charge on any atom is -0.385 e. The van der Waals surface area contributed by atoms with Crippen LogP contribution in [-0.4, -0.2) is 24.0 Å². The fourth-order valence-electron chi connectivity index (χ4n) is 2.12. The maximum absolute atomic E-state index is 12.1. The quantitative estimate of drug-likeness (QED) is 0.811. The van der Waals surface area contributed by atoms with Gasteiger partial charge in [0.05, 0.1) is 11.3 Å². The summed E-state index contributed by atoms with van der Waals surface area (Å²) < 4.78 is 0. The molecule has 0 aromatic carbocycles. The summed E-state index contributed by atoms with van der Waals surface area (Å²) in [6.07, 6.45) is 6.93. The van der Waals surface area contributed by atoms with Gasteiger partial charge in [0, 0.05) is 25.5 Å². The van der Waals surface area contributed by atoms with Gasteiger partial charge in [-0.25, -0.2) is 0 Å². The van der Waals surface area contributed by atoms with Crippen LogP contribution in [0.1, 0.15) is 43.5 Å². The van der Waals surface area contributed by atoms with E-state index in [9.17, 15) is 4.79 Å². The number of hydrogen-bond acceptors (Lipinski definition) is 3. The van der Waals surface area contributed by atoms with E-state index in [1.54, 1.807) is 12.4 Å². The predicted molar refractivity (Wildman–Crippen MR) is 72.7 cm³/mol. The van der Waals surface area contributed by atoms with Gasteiger partial charge in [0.1, 0.15) is 0 Å². The van der Waals surface area contributed by atoms with Crippen molar-refractivity contribution in [2.45, 2.75) is 33.1 Å². The van der Waals surface area contributed by atoms with E-state index in [1.807, 2.05) is 13.0 Å². The third-order valence-electron chi connectivity index (χ3n) is 3.76. The van der Waals surface area contributed by atoms with Gasteiger partial charge in [0.15, 0.2) is 0 Å². The molecular formula is C14H21N3O. The van der Waals surface area contributed by atoms with Crippen molar-refractivity contribution in [3.63, 3.8) is 0 Å². The standard InChI is InChI=1S/C14H21N3O/c1-3-14(6-7-14)10-17-13(18)11-9-15-8-5-12(11)16-4-2/h5,8-9H,3-4,6-7,10H2,1-2H3,(H,15,16)(H,17,18). The molecule has 4 heteroatoms. The van der Waals surface area contributed by atoms with Crippen molar-refractivity contribution in [2.24, 2.45) is 5.41 Å². The van der Waals surface area contributed by atoms with Crippen LogP contribution in [0.4, 0.5) is 5.69 Å². The first-order valence-electron chi connectivity index (χ1n) is 6.67. The number of aromatic nitrogens is 1. The van der Waals surface area contributed by atoms with E-state index in [4.69, 9.17) is 0 Å². The van der Waals surface area contributed by atoms with E-state index >= 15 is 0 Å². The monoisotopic (exact) mass is 247 g/mol. The van der Waals surface area contributed by atoms with Crippen molar-refractivity contribution in [2.75, 3.05) is 18.4 Å². The van der Waals surface area contributed by atoms with Crippen molar-refractivity contribution in [3.8, 4) is 0 Å². The van der Waals surface area contributed by atoms with Gasteiger partial charge < -0.3 is 10.6 Å². The van der Waals surface area contributed by atoms with Crippen molar-refractivity contribution in [1.82, 2.24) is 10.3 Å². The van der Waals surface area contributed by atoms with Gasteiger partial charge >= 0.3 is 0 Å². The summed E-state index contributed by atoms with van der Waals surface area (Å²) in [5.74, 6) is -0.0289. The first-order chi connectivity index (χ1) is 8.71. The summed E-state index contributed by atoms with van der Waals surface area (Å²) in [7, 11) is 0. The molecule has 2 rings (SSSR count). The molecule has 1 saturated carbocycles. The van der Waals surface area contributed by atoms with Gasteiger partial charge in [-0.2, -0.15) is 0 Å². The molecular weight excluding hydrogens is 226 g/mol. The Morgan fingerprint density at radius 1 is 1.44 bits per heavy atom. The summed E-state index contributed by atoms with van der Waals surface area (Å²) in [6, 6.07) is 1.84. The maximum atomic E-state index is 12.1. The van der Waals surface area contributed by atoms with Gasteiger partial charge in [-0.3, -0.25) is 9.78 Å². The molecule has 0 radical (unpaired) electrons. The number of amides is 1. The number of pyridine rings is 1. The van der Waals surface area contributed by atoms with E-state index in [0.717, 1.165) is 25.2 Å². The lowest BCUT2D eigenvalue weighted by Gasteiger charge is -2.15.